The van der Waals surface area contributed by atoms with Gasteiger partial charge in [-0.3, -0.25) is 14.4 Å². The lowest BCUT2D eigenvalue weighted by atomic mass is 10.00. The molecule has 1 unspecified atom stereocenters. The summed E-state index contributed by atoms with van der Waals surface area (Å²) >= 11 is 3.41. The van der Waals surface area contributed by atoms with Crippen molar-refractivity contribution in [2.75, 3.05) is 11.9 Å². The predicted octanol–water partition coefficient (Wildman–Crippen LogP) is 2.76. The summed E-state index contributed by atoms with van der Waals surface area (Å²) in [4.78, 5) is 44.1. The molecule has 0 aromatic heterocycles. The predicted molar refractivity (Wildman–Crippen MR) is 135 cm³/mol. The highest BCUT2D eigenvalue weighted by atomic mass is 79.9. The van der Waals surface area contributed by atoms with Crippen molar-refractivity contribution in [1.82, 2.24) is 10.6 Å². The van der Waals surface area contributed by atoms with Crippen molar-refractivity contribution in [3.05, 3.63) is 63.9 Å². The van der Waals surface area contributed by atoms with Crippen molar-refractivity contribution in [3.8, 4) is 0 Å². The minimum Gasteiger partial charge on any atom is -0.383 e. The summed E-state index contributed by atoms with van der Waals surface area (Å²) in [5.41, 5.74) is 1.38. The van der Waals surface area contributed by atoms with Crippen molar-refractivity contribution in [2.24, 2.45) is 10.9 Å². The van der Waals surface area contributed by atoms with Gasteiger partial charge in [-0.1, -0.05) is 41.9 Å². The molecule has 3 amide bonds. The number of nitrogens with one attached hydrogen (secondary N) is 2. The quantitative estimate of drug-likeness (QED) is 0.495. The summed E-state index contributed by atoms with van der Waals surface area (Å²) in [7, 11) is 1.54. The zero-order valence-corrected chi connectivity index (χ0v) is 21.5. The van der Waals surface area contributed by atoms with Crippen molar-refractivity contribution in [3.63, 3.8) is 0 Å². The third-order valence-electron chi connectivity index (χ3n) is 5.56. The van der Waals surface area contributed by atoms with E-state index in [1.54, 1.807) is 43.4 Å². The standard InChI is InChI=1S/C25H28BrFN4O4/c1-13(2)11-20(32)24(34)28-14(3)23(33)30-22-25(35)31(4)19-10-9-15(26)12-17(19)21(29-22)16-7-5-6-8-18(16)27/h5-10,12-14,20,22,32H,11H2,1-4H3,(H,28,34)(H,30,33)/t14-,20-,22?/m0/s1. The van der Waals surface area contributed by atoms with E-state index in [1.807, 2.05) is 13.8 Å². The third-order valence-corrected chi connectivity index (χ3v) is 6.05. The van der Waals surface area contributed by atoms with Crippen LogP contribution in [0.2, 0.25) is 0 Å². The summed E-state index contributed by atoms with van der Waals surface area (Å²) < 4.78 is 15.5. The fraction of sp³-hybridized carbons (Fsp3) is 0.360. The van der Waals surface area contributed by atoms with Gasteiger partial charge in [0, 0.05) is 22.6 Å². The van der Waals surface area contributed by atoms with E-state index in [1.165, 1.54) is 17.9 Å². The third kappa shape index (κ3) is 6.12. The molecule has 0 spiro atoms. The molecule has 2 aromatic carbocycles. The molecule has 1 heterocycles. The summed E-state index contributed by atoms with van der Waals surface area (Å²) in [5, 5.41) is 15.0. The van der Waals surface area contributed by atoms with Crippen LogP contribution in [0.3, 0.4) is 0 Å². The van der Waals surface area contributed by atoms with E-state index in [-0.39, 0.29) is 23.6 Å². The molecule has 3 rings (SSSR count). The van der Waals surface area contributed by atoms with Crippen molar-refractivity contribution >= 4 is 45.1 Å². The number of nitrogens with zero attached hydrogens (tertiary/aromatic N) is 2. The van der Waals surface area contributed by atoms with Gasteiger partial charge in [0.1, 0.15) is 18.0 Å². The molecule has 0 aliphatic carbocycles. The van der Waals surface area contributed by atoms with Gasteiger partial charge in [-0.25, -0.2) is 9.38 Å². The first-order chi connectivity index (χ1) is 16.5. The Labute approximate surface area is 211 Å². The highest BCUT2D eigenvalue weighted by Crippen LogP contribution is 2.30. The smallest absolute Gasteiger partial charge is 0.272 e. The molecule has 35 heavy (non-hydrogen) atoms. The Kier molecular flexibility index (Phi) is 8.39. The summed E-state index contributed by atoms with van der Waals surface area (Å²) in [5.74, 6) is -2.33. The highest BCUT2D eigenvalue weighted by Gasteiger charge is 2.33. The number of aliphatic hydroxyl groups excluding tert-OH is 1. The van der Waals surface area contributed by atoms with E-state index in [0.29, 0.717) is 15.7 Å². The number of carbonyl (C=O) groups excluding carboxylic acids is 3. The molecule has 0 saturated carbocycles. The Balaban J connectivity index is 1.93. The number of halogens is 2. The van der Waals surface area contributed by atoms with Crippen LogP contribution in [0, 0.1) is 11.7 Å². The van der Waals surface area contributed by atoms with E-state index >= 15 is 0 Å². The number of aliphatic imine (C=N–C) groups is 1. The Hall–Kier alpha value is -3.11. The van der Waals surface area contributed by atoms with Crippen LogP contribution >= 0.6 is 15.9 Å². The molecule has 2 aromatic rings. The SMILES string of the molecule is CC(C)C[C@H](O)C(=O)N[C@@H](C)C(=O)NC1N=C(c2ccccc2F)c2cc(Br)ccc2N(C)C1=O. The van der Waals surface area contributed by atoms with Gasteiger partial charge in [0.15, 0.2) is 0 Å². The van der Waals surface area contributed by atoms with Gasteiger partial charge in [0.05, 0.1) is 11.4 Å². The molecule has 0 bridgehead atoms. The number of aliphatic hydroxyl groups is 1. The molecule has 0 radical (unpaired) electrons. The maximum Gasteiger partial charge on any atom is 0.272 e. The molecule has 186 valence electrons. The summed E-state index contributed by atoms with van der Waals surface area (Å²) in [6.45, 7) is 5.17. The average molecular weight is 547 g/mol. The Bertz CT molecular complexity index is 1170. The molecule has 1 aliphatic heterocycles. The molecule has 0 saturated heterocycles. The summed E-state index contributed by atoms with van der Waals surface area (Å²) in [6.07, 6.45) is -2.38. The van der Waals surface area contributed by atoms with E-state index in [2.05, 4.69) is 31.6 Å². The topological polar surface area (TPSA) is 111 Å². The second kappa shape index (κ2) is 11.1. The Morgan fingerprint density at radius 3 is 2.49 bits per heavy atom. The zero-order chi connectivity index (χ0) is 25.9. The molecular formula is C25H28BrFN4O4. The van der Waals surface area contributed by atoms with Crippen LogP contribution in [-0.4, -0.2) is 53.9 Å². The first-order valence-electron chi connectivity index (χ1n) is 11.2. The zero-order valence-electron chi connectivity index (χ0n) is 19.9. The van der Waals surface area contributed by atoms with Gasteiger partial charge >= 0.3 is 0 Å². The van der Waals surface area contributed by atoms with Crippen LogP contribution in [-0.2, 0) is 14.4 Å². The van der Waals surface area contributed by atoms with Crippen molar-refractivity contribution in [2.45, 2.75) is 45.5 Å². The van der Waals surface area contributed by atoms with Crippen LogP contribution < -0.4 is 15.5 Å². The van der Waals surface area contributed by atoms with E-state index < -0.39 is 41.9 Å². The monoisotopic (exact) mass is 546 g/mol. The lowest BCUT2D eigenvalue weighted by Crippen LogP contribution is -2.53. The minimum atomic E-state index is -1.37. The van der Waals surface area contributed by atoms with Gasteiger partial charge in [-0.05, 0) is 49.6 Å². The number of hydrogen-bond donors (Lipinski definition) is 3. The normalized spacial score (nSPS) is 17.3. The average Bonchev–Trinajstić information content (AvgIpc) is 2.89. The number of amides is 3. The lowest BCUT2D eigenvalue weighted by molar-refractivity contribution is -0.135. The van der Waals surface area contributed by atoms with E-state index in [9.17, 15) is 23.9 Å². The molecule has 3 atom stereocenters. The number of benzene rings is 2. The number of anilines is 1. The van der Waals surface area contributed by atoms with E-state index in [0.717, 1.165) is 0 Å². The first kappa shape index (κ1) is 26.5. The molecular weight excluding hydrogens is 519 g/mol. The molecule has 0 fully saturated rings. The highest BCUT2D eigenvalue weighted by molar-refractivity contribution is 9.10. The van der Waals surface area contributed by atoms with Crippen LogP contribution in [0.1, 0.15) is 38.3 Å². The van der Waals surface area contributed by atoms with Crippen LogP contribution in [0.4, 0.5) is 10.1 Å². The molecule has 10 heteroatoms. The number of hydrogen-bond acceptors (Lipinski definition) is 5. The van der Waals surface area contributed by atoms with Crippen LogP contribution in [0.15, 0.2) is 51.9 Å². The number of fused-ring (bicyclic) bond motifs is 1. The number of benzodiazepines with no additional fused rings is 1. The van der Waals surface area contributed by atoms with Gasteiger partial charge in [-0.2, -0.15) is 0 Å². The second-order valence-corrected chi connectivity index (χ2v) is 9.72. The van der Waals surface area contributed by atoms with Gasteiger partial charge < -0.3 is 20.6 Å². The maximum atomic E-state index is 14.8. The maximum absolute atomic E-state index is 14.8. The molecule has 3 N–H and O–H groups in total. The second-order valence-electron chi connectivity index (χ2n) is 8.80. The van der Waals surface area contributed by atoms with Gasteiger partial charge in [0.25, 0.3) is 5.91 Å². The molecule has 8 nitrogen and oxygen atoms in total. The Morgan fingerprint density at radius 2 is 1.83 bits per heavy atom. The minimum absolute atomic E-state index is 0.0897. The number of rotatable bonds is 7. The van der Waals surface area contributed by atoms with Gasteiger partial charge in [-0.15, -0.1) is 0 Å². The summed E-state index contributed by atoms with van der Waals surface area (Å²) in [6, 6.07) is 10.2. The van der Waals surface area contributed by atoms with E-state index in [4.69, 9.17) is 0 Å². The fourth-order valence-electron chi connectivity index (χ4n) is 3.70. The number of carbonyl (C=O) groups is 3. The van der Waals surface area contributed by atoms with Gasteiger partial charge in [0.2, 0.25) is 18.0 Å². The lowest BCUT2D eigenvalue weighted by Gasteiger charge is -2.23. The first-order valence-corrected chi connectivity index (χ1v) is 12.0. The largest absolute Gasteiger partial charge is 0.383 e. The van der Waals surface area contributed by atoms with Crippen LogP contribution in [0.25, 0.3) is 0 Å². The van der Waals surface area contributed by atoms with Crippen molar-refractivity contribution in [1.29, 1.82) is 0 Å². The fourth-order valence-corrected chi connectivity index (χ4v) is 4.06. The van der Waals surface area contributed by atoms with Crippen LogP contribution in [0.5, 0.6) is 0 Å². The Morgan fingerprint density at radius 1 is 1.14 bits per heavy atom. The molecule has 1 aliphatic rings. The number of likely N-dealkylation sites (N-methyl/N-ethyl adjacent to an activating group) is 1. The van der Waals surface area contributed by atoms with Crippen molar-refractivity contribution < 1.29 is 23.9 Å².